The van der Waals surface area contributed by atoms with Crippen LogP contribution in [0, 0.1) is 42.4 Å². The lowest BCUT2D eigenvalue weighted by Gasteiger charge is -2.37. The van der Waals surface area contributed by atoms with E-state index in [0.717, 1.165) is 17.4 Å². The molecule has 2 heterocycles. The number of carbonyl (C=O) groups is 3. The monoisotopic (exact) mass is 467 g/mol. The Balaban J connectivity index is 1.17. The molecule has 7 heteroatoms. The fraction of sp³-hybridized carbons (Fsp3) is 0.286. The number of allylic oxidation sites excluding steroid dienone is 2. The molecule has 1 saturated heterocycles. The van der Waals surface area contributed by atoms with Crippen LogP contribution in [0.25, 0.3) is 11.0 Å². The van der Waals surface area contributed by atoms with E-state index in [9.17, 15) is 19.2 Å². The van der Waals surface area contributed by atoms with E-state index in [4.69, 9.17) is 9.15 Å². The quantitative estimate of drug-likeness (QED) is 0.191. The second-order valence-electron chi connectivity index (χ2n) is 10.0. The SMILES string of the molecule is Cc1cc(OC(=O)c2cccc(N3C(=O)[C@@H]4[C@H]5C=C[C@@H]([C@@H]6C[C@@H]56)[C@@H]4C3=O)c2)cc2oc(=O)ccc12. The van der Waals surface area contributed by atoms with Gasteiger partial charge < -0.3 is 9.15 Å². The Hall–Kier alpha value is -4.00. The number of esters is 1. The molecule has 3 aromatic rings. The number of hydrogen-bond acceptors (Lipinski definition) is 6. The Labute approximate surface area is 200 Å². The number of anilines is 1. The summed E-state index contributed by atoms with van der Waals surface area (Å²) in [4.78, 5) is 52.6. The molecular weight excluding hydrogens is 446 g/mol. The normalized spacial score (nSPS) is 29.9. The molecule has 2 aromatic carbocycles. The minimum atomic E-state index is -0.636. The number of hydrogen-bond donors (Lipinski definition) is 0. The van der Waals surface area contributed by atoms with Gasteiger partial charge in [-0.2, -0.15) is 0 Å². The van der Waals surface area contributed by atoms with E-state index in [1.807, 2.05) is 6.92 Å². The van der Waals surface area contributed by atoms with E-state index in [1.165, 1.54) is 23.1 Å². The fourth-order valence-corrected chi connectivity index (χ4v) is 6.53. The minimum Gasteiger partial charge on any atom is -0.423 e. The van der Waals surface area contributed by atoms with Gasteiger partial charge in [0, 0.05) is 17.5 Å². The third-order valence-corrected chi connectivity index (χ3v) is 8.13. The van der Waals surface area contributed by atoms with Crippen molar-refractivity contribution < 1.29 is 23.5 Å². The number of benzene rings is 2. The van der Waals surface area contributed by atoms with E-state index in [2.05, 4.69) is 12.2 Å². The first-order chi connectivity index (χ1) is 16.9. The highest BCUT2D eigenvalue weighted by atomic mass is 16.5. The molecular formula is C28H21NO6. The van der Waals surface area contributed by atoms with Crippen molar-refractivity contribution in [2.24, 2.45) is 35.5 Å². The van der Waals surface area contributed by atoms with Gasteiger partial charge in [-0.05, 0) is 72.9 Å². The van der Waals surface area contributed by atoms with Gasteiger partial charge in [0.1, 0.15) is 11.3 Å². The molecule has 8 rings (SSSR count). The summed E-state index contributed by atoms with van der Waals surface area (Å²) in [5, 5.41) is 0.750. The molecule has 2 bridgehead atoms. The number of fused-ring (bicyclic) bond motifs is 1. The Bertz CT molecular complexity index is 1510. The predicted octanol–water partition coefficient (Wildman–Crippen LogP) is 3.88. The maximum absolute atomic E-state index is 13.4. The van der Waals surface area contributed by atoms with E-state index in [0.29, 0.717) is 23.1 Å². The molecule has 174 valence electrons. The molecule has 0 radical (unpaired) electrons. The van der Waals surface area contributed by atoms with Gasteiger partial charge in [-0.3, -0.25) is 9.59 Å². The van der Waals surface area contributed by atoms with Gasteiger partial charge in [-0.15, -0.1) is 0 Å². The summed E-state index contributed by atoms with van der Waals surface area (Å²) >= 11 is 0. The summed E-state index contributed by atoms with van der Waals surface area (Å²) < 4.78 is 10.8. The Morgan fingerprint density at radius 1 is 0.943 bits per heavy atom. The van der Waals surface area contributed by atoms with Gasteiger partial charge in [0.2, 0.25) is 11.8 Å². The Kier molecular flexibility index (Phi) is 4.08. The van der Waals surface area contributed by atoms with Crippen LogP contribution in [0.2, 0.25) is 0 Å². The summed E-state index contributed by atoms with van der Waals surface area (Å²) in [5.74, 6) is -0.00546. The maximum atomic E-state index is 13.4. The van der Waals surface area contributed by atoms with Crippen LogP contribution < -0.4 is 15.3 Å². The molecule has 3 fully saturated rings. The molecule has 35 heavy (non-hydrogen) atoms. The minimum absolute atomic E-state index is 0.140. The molecule has 0 unspecified atom stereocenters. The van der Waals surface area contributed by atoms with Crippen LogP contribution in [-0.2, 0) is 9.59 Å². The lowest BCUT2D eigenvalue weighted by Crippen LogP contribution is -2.40. The van der Waals surface area contributed by atoms with Gasteiger partial charge in [-0.1, -0.05) is 18.2 Å². The van der Waals surface area contributed by atoms with Crippen LogP contribution in [0.15, 0.2) is 69.9 Å². The lowest BCUT2D eigenvalue weighted by atomic mass is 9.63. The summed E-state index contributed by atoms with van der Waals surface area (Å²) in [6.45, 7) is 1.83. The van der Waals surface area contributed by atoms with Crippen molar-refractivity contribution in [1.29, 1.82) is 0 Å². The van der Waals surface area contributed by atoms with Crippen LogP contribution in [0.5, 0.6) is 5.75 Å². The number of ether oxygens (including phenoxy) is 1. The standard InChI is InChI=1S/C28H21NO6/c1-13-9-16(11-22-17(13)7-8-23(30)35-22)34-28(33)14-3-2-4-15(10-14)29-26(31)24-18-5-6-19(21-12-20(18)21)25(24)27(29)32/h2-11,18-21,24-25H,12H2,1H3/t18-,19-,20-,21-,24-,25+/m0/s1. The van der Waals surface area contributed by atoms with Crippen molar-refractivity contribution in [3.63, 3.8) is 0 Å². The molecule has 5 aliphatic rings. The van der Waals surface area contributed by atoms with Gasteiger partial charge in [0.05, 0.1) is 23.1 Å². The number of imide groups is 1. The Morgan fingerprint density at radius 3 is 2.37 bits per heavy atom. The number of carbonyl (C=O) groups excluding carboxylic acids is 3. The molecule has 4 aliphatic carbocycles. The summed E-state index contributed by atoms with van der Waals surface area (Å²) in [7, 11) is 0. The molecule has 6 atom stereocenters. The van der Waals surface area contributed by atoms with Gasteiger partial charge >= 0.3 is 11.6 Å². The molecule has 0 spiro atoms. The zero-order valence-electron chi connectivity index (χ0n) is 18.8. The number of nitrogens with zero attached hydrogens (tertiary/aromatic N) is 1. The summed E-state index contributed by atoms with van der Waals surface area (Å²) in [6.07, 6.45) is 5.38. The van der Waals surface area contributed by atoms with E-state index in [-0.39, 0.29) is 46.8 Å². The molecule has 7 nitrogen and oxygen atoms in total. The van der Waals surface area contributed by atoms with Gasteiger partial charge in [-0.25, -0.2) is 14.5 Å². The van der Waals surface area contributed by atoms with E-state index in [1.54, 1.807) is 30.3 Å². The van der Waals surface area contributed by atoms with Crippen LogP contribution in [0.4, 0.5) is 5.69 Å². The topological polar surface area (TPSA) is 93.9 Å². The van der Waals surface area contributed by atoms with Gasteiger partial charge in [0.25, 0.3) is 0 Å². The second-order valence-corrected chi connectivity index (χ2v) is 10.0. The number of aryl methyl sites for hydroxylation is 1. The molecule has 2 saturated carbocycles. The maximum Gasteiger partial charge on any atom is 0.343 e. The van der Waals surface area contributed by atoms with Crippen molar-refractivity contribution in [3.8, 4) is 5.75 Å². The summed E-state index contributed by atoms with van der Waals surface area (Å²) in [6, 6.07) is 12.6. The zero-order chi connectivity index (χ0) is 24.0. The molecule has 1 aromatic heterocycles. The van der Waals surface area contributed by atoms with Crippen molar-refractivity contribution in [1.82, 2.24) is 0 Å². The predicted molar refractivity (Wildman–Crippen MR) is 126 cm³/mol. The van der Waals surface area contributed by atoms with Crippen LogP contribution in [0.3, 0.4) is 0 Å². The highest BCUT2D eigenvalue weighted by Crippen LogP contribution is 2.65. The van der Waals surface area contributed by atoms with Crippen molar-refractivity contribution in [2.45, 2.75) is 13.3 Å². The summed E-state index contributed by atoms with van der Waals surface area (Å²) in [5.41, 5.74) is 1.23. The van der Waals surface area contributed by atoms with Gasteiger partial charge in [0.15, 0.2) is 0 Å². The van der Waals surface area contributed by atoms with Crippen molar-refractivity contribution in [3.05, 3.63) is 82.2 Å². The second kappa shape index (κ2) is 7.01. The highest BCUT2D eigenvalue weighted by Gasteiger charge is 2.67. The first kappa shape index (κ1) is 20.4. The highest BCUT2D eigenvalue weighted by molar-refractivity contribution is 6.23. The van der Waals surface area contributed by atoms with Crippen LogP contribution in [-0.4, -0.2) is 17.8 Å². The first-order valence-corrected chi connectivity index (χ1v) is 11.8. The number of amides is 2. The van der Waals surface area contributed by atoms with Crippen LogP contribution >= 0.6 is 0 Å². The number of rotatable bonds is 3. The average Bonchev–Trinajstić information content (AvgIpc) is 3.62. The molecule has 2 amide bonds. The zero-order valence-corrected chi connectivity index (χ0v) is 18.8. The molecule has 0 N–H and O–H groups in total. The van der Waals surface area contributed by atoms with Crippen molar-refractivity contribution in [2.75, 3.05) is 4.90 Å². The van der Waals surface area contributed by atoms with Crippen molar-refractivity contribution >= 4 is 34.4 Å². The first-order valence-electron chi connectivity index (χ1n) is 11.8. The third kappa shape index (κ3) is 2.90. The third-order valence-electron chi connectivity index (χ3n) is 8.13. The van der Waals surface area contributed by atoms with E-state index >= 15 is 0 Å². The average molecular weight is 467 g/mol. The lowest BCUT2D eigenvalue weighted by molar-refractivity contribution is -0.124. The fourth-order valence-electron chi connectivity index (χ4n) is 6.53. The van der Waals surface area contributed by atoms with E-state index < -0.39 is 11.6 Å². The smallest absolute Gasteiger partial charge is 0.343 e. The molecule has 1 aliphatic heterocycles. The largest absolute Gasteiger partial charge is 0.423 e. The Morgan fingerprint density at radius 2 is 1.66 bits per heavy atom. The van der Waals surface area contributed by atoms with Crippen LogP contribution in [0.1, 0.15) is 22.3 Å².